The Hall–Kier alpha value is -2.31. The van der Waals surface area contributed by atoms with Gasteiger partial charge >= 0.3 is 6.18 Å². The van der Waals surface area contributed by atoms with Crippen LogP contribution in [0.5, 0.6) is 11.5 Å². The summed E-state index contributed by atoms with van der Waals surface area (Å²) in [6.45, 7) is 3.22. The molecule has 0 bridgehead atoms. The zero-order valence-corrected chi connectivity index (χ0v) is 14.8. The molecule has 1 N–H and O–H groups in total. The van der Waals surface area contributed by atoms with E-state index in [9.17, 15) is 22.7 Å². The van der Waals surface area contributed by atoms with Crippen LogP contribution in [-0.4, -0.2) is 23.4 Å². The van der Waals surface area contributed by atoms with Crippen molar-refractivity contribution < 1.29 is 27.4 Å². The molecule has 0 saturated carbocycles. The van der Waals surface area contributed by atoms with Crippen molar-refractivity contribution >= 4 is 0 Å². The molecular formula is C19H21F4NO2. The SMILES string of the molecule is COc1ccc(F)cc1C(C)(C)CC(Cc1ncccc1O)C(F)(F)F. The summed E-state index contributed by atoms with van der Waals surface area (Å²) in [4.78, 5) is 3.85. The van der Waals surface area contributed by atoms with Gasteiger partial charge < -0.3 is 9.84 Å². The highest BCUT2D eigenvalue weighted by molar-refractivity contribution is 5.39. The first-order valence-electron chi connectivity index (χ1n) is 8.08. The standard InChI is InChI=1S/C19H21F4NO2/c1-18(2,14-10-13(20)6-7-17(14)26-3)11-12(19(21,22)23)9-15-16(25)5-4-8-24-15/h4-8,10,12,25H,9,11H2,1-3H3. The van der Waals surface area contributed by atoms with Crippen molar-refractivity contribution in [2.45, 2.75) is 38.3 Å². The number of benzene rings is 1. The highest BCUT2D eigenvalue weighted by Gasteiger charge is 2.44. The van der Waals surface area contributed by atoms with Gasteiger partial charge in [-0.15, -0.1) is 0 Å². The molecule has 0 radical (unpaired) electrons. The van der Waals surface area contributed by atoms with Gasteiger partial charge in [-0.2, -0.15) is 13.2 Å². The minimum atomic E-state index is -4.50. The molecule has 0 saturated heterocycles. The number of nitrogens with zero attached hydrogens (tertiary/aromatic N) is 1. The zero-order valence-electron chi connectivity index (χ0n) is 14.8. The summed E-state index contributed by atoms with van der Waals surface area (Å²) in [6, 6.07) is 6.55. The first-order chi connectivity index (χ1) is 12.0. The number of rotatable bonds is 6. The number of aromatic nitrogens is 1. The third-order valence-corrected chi connectivity index (χ3v) is 4.42. The predicted molar refractivity (Wildman–Crippen MR) is 89.7 cm³/mol. The maximum atomic E-state index is 13.7. The number of aromatic hydroxyl groups is 1. The molecular weight excluding hydrogens is 350 g/mol. The molecule has 2 aromatic rings. The maximum absolute atomic E-state index is 13.7. The molecule has 3 nitrogen and oxygen atoms in total. The van der Waals surface area contributed by atoms with Crippen LogP contribution < -0.4 is 4.74 Å². The number of hydrogen-bond acceptors (Lipinski definition) is 3. The molecule has 1 unspecified atom stereocenters. The topological polar surface area (TPSA) is 42.4 Å². The van der Waals surface area contributed by atoms with Crippen molar-refractivity contribution in [1.29, 1.82) is 0 Å². The van der Waals surface area contributed by atoms with Gasteiger partial charge in [-0.05, 0) is 42.2 Å². The molecule has 1 heterocycles. The lowest BCUT2D eigenvalue weighted by atomic mass is 9.75. The van der Waals surface area contributed by atoms with E-state index in [2.05, 4.69) is 4.98 Å². The van der Waals surface area contributed by atoms with E-state index >= 15 is 0 Å². The summed E-state index contributed by atoms with van der Waals surface area (Å²) in [5.74, 6) is -2.24. The summed E-state index contributed by atoms with van der Waals surface area (Å²) in [7, 11) is 1.39. The largest absolute Gasteiger partial charge is 0.506 e. The Bertz CT molecular complexity index is 759. The molecule has 7 heteroatoms. The van der Waals surface area contributed by atoms with Crippen molar-refractivity contribution in [2.75, 3.05) is 7.11 Å². The molecule has 0 aliphatic carbocycles. The molecule has 0 aliphatic rings. The Morgan fingerprint density at radius 1 is 1.19 bits per heavy atom. The summed E-state index contributed by atoms with van der Waals surface area (Å²) in [6.07, 6.45) is -3.94. The Labute approximate surface area is 149 Å². The molecule has 1 aromatic carbocycles. The molecule has 1 atom stereocenters. The maximum Gasteiger partial charge on any atom is 0.392 e. The van der Waals surface area contributed by atoms with Crippen LogP contribution in [0.25, 0.3) is 0 Å². The molecule has 0 fully saturated rings. The van der Waals surface area contributed by atoms with E-state index in [1.165, 1.54) is 43.6 Å². The van der Waals surface area contributed by atoms with E-state index in [0.29, 0.717) is 11.3 Å². The highest BCUT2D eigenvalue weighted by atomic mass is 19.4. The van der Waals surface area contributed by atoms with Crippen LogP contribution in [0.2, 0.25) is 0 Å². The monoisotopic (exact) mass is 371 g/mol. The lowest BCUT2D eigenvalue weighted by molar-refractivity contribution is -0.179. The fourth-order valence-electron chi connectivity index (χ4n) is 3.06. The molecule has 2 rings (SSSR count). The second-order valence-corrected chi connectivity index (χ2v) is 6.84. The average Bonchev–Trinajstić information content (AvgIpc) is 2.55. The minimum Gasteiger partial charge on any atom is -0.506 e. The number of alkyl halides is 3. The Morgan fingerprint density at radius 2 is 1.88 bits per heavy atom. The Morgan fingerprint density at radius 3 is 2.46 bits per heavy atom. The van der Waals surface area contributed by atoms with Crippen molar-refractivity contribution in [3.63, 3.8) is 0 Å². The quantitative estimate of drug-likeness (QED) is 0.725. The lowest BCUT2D eigenvalue weighted by Gasteiger charge is -2.32. The van der Waals surface area contributed by atoms with Gasteiger partial charge in [0.25, 0.3) is 0 Å². The van der Waals surface area contributed by atoms with Crippen molar-refractivity contribution in [1.82, 2.24) is 4.98 Å². The van der Waals surface area contributed by atoms with E-state index in [1.807, 2.05) is 0 Å². The molecule has 0 amide bonds. The van der Waals surface area contributed by atoms with E-state index in [-0.39, 0.29) is 17.9 Å². The van der Waals surface area contributed by atoms with Crippen LogP contribution in [-0.2, 0) is 11.8 Å². The van der Waals surface area contributed by atoms with Gasteiger partial charge in [0.1, 0.15) is 17.3 Å². The van der Waals surface area contributed by atoms with E-state index in [0.717, 1.165) is 0 Å². The summed E-state index contributed by atoms with van der Waals surface area (Å²) in [5.41, 5.74) is -0.672. The molecule has 26 heavy (non-hydrogen) atoms. The van der Waals surface area contributed by atoms with E-state index < -0.39 is 29.7 Å². The fourth-order valence-corrected chi connectivity index (χ4v) is 3.06. The second kappa shape index (κ2) is 7.51. The fraction of sp³-hybridized carbons (Fsp3) is 0.421. The smallest absolute Gasteiger partial charge is 0.392 e. The van der Waals surface area contributed by atoms with E-state index in [4.69, 9.17) is 4.74 Å². The summed E-state index contributed by atoms with van der Waals surface area (Å²) < 4.78 is 59.7. The van der Waals surface area contributed by atoms with Crippen LogP contribution in [0.4, 0.5) is 17.6 Å². The predicted octanol–water partition coefficient (Wildman–Crippen LogP) is 5.02. The number of pyridine rings is 1. The number of hydrogen-bond donors (Lipinski definition) is 1. The van der Waals surface area contributed by atoms with Gasteiger partial charge in [0.2, 0.25) is 0 Å². The van der Waals surface area contributed by atoms with Crippen LogP contribution in [0, 0.1) is 11.7 Å². The first kappa shape index (κ1) is 20.0. The number of halogens is 4. The average molecular weight is 371 g/mol. The van der Waals surface area contributed by atoms with Gasteiger partial charge in [-0.3, -0.25) is 4.98 Å². The van der Waals surface area contributed by atoms with Crippen LogP contribution in [0.15, 0.2) is 36.5 Å². The Kier molecular flexibility index (Phi) is 5.78. The van der Waals surface area contributed by atoms with Gasteiger partial charge in [0.05, 0.1) is 18.7 Å². The van der Waals surface area contributed by atoms with Crippen LogP contribution in [0.3, 0.4) is 0 Å². The van der Waals surface area contributed by atoms with E-state index in [1.54, 1.807) is 13.8 Å². The molecule has 142 valence electrons. The third kappa shape index (κ3) is 4.65. The van der Waals surface area contributed by atoms with Crippen LogP contribution >= 0.6 is 0 Å². The molecule has 1 aromatic heterocycles. The van der Waals surface area contributed by atoms with Gasteiger partial charge in [0, 0.05) is 18.2 Å². The van der Waals surface area contributed by atoms with Crippen molar-refractivity contribution in [3.05, 3.63) is 53.6 Å². The first-order valence-corrected chi connectivity index (χ1v) is 8.08. The number of methoxy groups -OCH3 is 1. The number of ether oxygens (including phenoxy) is 1. The summed E-state index contributed by atoms with van der Waals surface area (Å²) in [5, 5.41) is 9.76. The molecule has 0 aliphatic heterocycles. The van der Waals surface area contributed by atoms with Gasteiger partial charge in [-0.25, -0.2) is 4.39 Å². The Balaban J connectivity index is 2.36. The minimum absolute atomic E-state index is 0.0168. The van der Waals surface area contributed by atoms with Crippen molar-refractivity contribution in [2.24, 2.45) is 5.92 Å². The molecule has 0 spiro atoms. The van der Waals surface area contributed by atoms with Crippen molar-refractivity contribution in [3.8, 4) is 11.5 Å². The lowest BCUT2D eigenvalue weighted by Crippen LogP contribution is -2.33. The normalized spacial score (nSPS) is 13.5. The summed E-state index contributed by atoms with van der Waals surface area (Å²) >= 11 is 0. The second-order valence-electron chi connectivity index (χ2n) is 6.84. The van der Waals surface area contributed by atoms with Crippen LogP contribution in [0.1, 0.15) is 31.5 Å². The highest BCUT2D eigenvalue weighted by Crippen LogP contribution is 2.43. The third-order valence-electron chi connectivity index (χ3n) is 4.42. The zero-order chi connectivity index (χ0) is 19.5. The van der Waals surface area contributed by atoms with Gasteiger partial charge in [0.15, 0.2) is 0 Å². The van der Waals surface area contributed by atoms with Gasteiger partial charge in [-0.1, -0.05) is 13.8 Å².